The van der Waals surface area contributed by atoms with Crippen molar-refractivity contribution in [2.24, 2.45) is 5.41 Å². The fourth-order valence-corrected chi connectivity index (χ4v) is 4.69. The van der Waals surface area contributed by atoms with E-state index < -0.39 is 0 Å². The molecular formula is C26H34ClN3O4. The second kappa shape index (κ2) is 10.5. The van der Waals surface area contributed by atoms with Crippen LogP contribution in [0.5, 0.6) is 5.75 Å². The van der Waals surface area contributed by atoms with Gasteiger partial charge in [0.05, 0.1) is 41.6 Å². The summed E-state index contributed by atoms with van der Waals surface area (Å²) in [6.07, 6.45) is 5.57. The molecule has 1 amide bonds. The van der Waals surface area contributed by atoms with Gasteiger partial charge in [-0.2, -0.15) is 0 Å². The number of ether oxygens (including phenoxy) is 2. The van der Waals surface area contributed by atoms with Crippen LogP contribution in [0.2, 0.25) is 5.02 Å². The first kappa shape index (κ1) is 24.8. The van der Waals surface area contributed by atoms with E-state index in [1.807, 2.05) is 17.0 Å². The molecule has 1 saturated carbocycles. The summed E-state index contributed by atoms with van der Waals surface area (Å²) in [7, 11) is 0. The number of anilines is 2. The van der Waals surface area contributed by atoms with Crippen molar-refractivity contribution in [3.05, 3.63) is 47.1 Å². The Hall–Kier alpha value is -2.35. The highest BCUT2D eigenvalue weighted by Gasteiger charge is 2.34. The third-order valence-corrected chi connectivity index (χ3v) is 6.52. The molecule has 1 aromatic carbocycles. The number of amides is 1. The van der Waals surface area contributed by atoms with Crippen molar-refractivity contribution >= 4 is 29.0 Å². The molecule has 184 valence electrons. The van der Waals surface area contributed by atoms with E-state index in [2.05, 4.69) is 31.1 Å². The lowest BCUT2D eigenvalue weighted by Gasteiger charge is -2.38. The van der Waals surface area contributed by atoms with Gasteiger partial charge in [0.15, 0.2) is 11.6 Å². The van der Waals surface area contributed by atoms with Gasteiger partial charge >= 0.3 is 0 Å². The molecule has 8 heteroatoms. The van der Waals surface area contributed by atoms with Gasteiger partial charge in [-0.15, -0.1) is 0 Å². The van der Waals surface area contributed by atoms with Crippen molar-refractivity contribution in [2.45, 2.75) is 64.6 Å². The van der Waals surface area contributed by atoms with Gasteiger partial charge in [-0.05, 0) is 55.4 Å². The van der Waals surface area contributed by atoms with Crippen LogP contribution in [0.1, 0.15) is 56.8 Å². The van der Waals surface area contributed by atoms with Crippen molar-refractivity contribution in [1.29, 1.82) is 0 Å². The summed E-state index contributed by atoms with van der Waals surface area (Å²) in [5.74, 6) is 0.845. The van der Waals surface area contributed by atoms with Crippen LogP contribution in [0.4, 0.5) is 11.5 Å². The Morgan fingerprint density at radius 2 is 2.00 bits per heavy atom. The maximum atomic E-state index is 13.3. The molecule has 0 saturated heterocycles. The Kier molecular flexibility index (Phi) is 7.65. The van der Waals surface area contributed by atoms with Gasteiger partial charge < -0.3 is 24.8 Å². The van der Waals surface area contributed by atoms with Crippen LogP contribution >= 0.6 is 11.6 Å². The number of nitrogens with one attached hydrogen (secondary N) is 1. The molecule has 2 aliphatic rings. The lowest BCUT2D eigenvalue weighted by molar-refractivity contribution is -0.0134. The van der Waals surface area contributed by atoms with Crippen molar-refractivity contribution in [2.75, 3.05) is 24.7 Å². The van der Waals surface area contributed by atoms with Crippen LogP contribution in [0.25, 0.3) is 0 Å². The number of halogens is 1. The molecule has 2 aromatic rings. The number of carbonyl (C=O) groups excluding carboxylic acids is 1. The summed E-state index contributed by atoms with van der Waals surface area (Å²) >= 11 is 6.42. The van der Waals surface area contributed by atoms with E-state index in [0.29, 0.717) is 27.8 Å². The molecule has 1 atom stereocenters. The Bertz CT molecular complexity index is 1000. The molecule has 1 aromatic heterocycles. The van der Waals surface area contributed by atoms with Crippen LogP contribution in [0.3, 0.4) is 0 Å². The number of fused-ring (bicyclic) bond motifs is 1. The van der Waals surface area contributed by atoms with E-state index in [1.165, 1.54) is 0 Å². The first-order valence-electron chi connectivity index (χ1n) is 12.0. The minimum Gasteiger partial charge on any atom is -0.488 e. The highest BCUT2D eigenvalue weighted by atomic mass is 35.5. The van der Waals surface area contributed by atoms with Crippen LogP contribution in [-0.2, 0) is 4.74 Å². The topological polar surface area (TPSA) is 83.9 Å². The molecular weight excluding hydrogens is 454 g/mol. The molecule has 2 heterocycles. The highest BCUT2D eigenvalue weighted by molar-refractivity contribution is 6.33. The summed E-state index contributed by atoms with van der Waals surface area (Å²) in [6.45, 7) is 7.35. The van der Waals surface area contributed by atoms with Gasteiger partial charge in [-0.3, -0.25) is 4.79 Å². The Labute approximate surface area is 206 Å². The monoisotopic (exact) mass is 487 g/mol. The molecule has 0 bridgehead atoms. The van der Waals surface area contributed by atoms with Gasteiger partial charge in [0.25, 0.3) is 5.91 Å². The van der Waals surface area contributed by atoms with E-state index in [0.717, 1.165) is 32.3 Å². The van der Waals surface area contributed by atoms with Crippen molar-refractivity contribution in [3.8, 4) is 5.75 Å². The first-order valence-corrected chi connectivity index (χ1v) is 12.3. The van der Waals surface area contributed by atoms with Gasteiger partial charge in [-0.1, -0.05) is 38.4 Å². The van der Waals surface area contributed by atoms with Crippen LogP contribution in [0, 0.1) is 5.41 Å². The smallest absolute Gasteiger partial charge is 0.255 e. The molecule has 1 fully saturated rings. The quantitative estimate of drug-likeness (QED) is 0.612. The maximum Gasteiger partial charge on any atom is 0.255 e. The number of hydrogen-bond acceptors (Lipinski definition) is 6. The third kappa shape index (κ3) is 5.65. The van der Waals surface area contributed by atoms with Gasteiger partial charge in [0.1, 0.15) is 6.61 Å². The zero-order valence-corrected chi connectivity index (χ0v) is 20.8. The SMILES string of the molecule is CC(C)(C)COC1CCC(NC(=O)c2cccc3c2OC[C@H](CO)N3c2ncccc2Cl)CC1. The number of para-hydroxylation sites is 1. The number of aromatic nitrogens is 1. The predicted molar refractivity (Wildman–Crippen MR) is 133 cm³/mol. The largest absolute Gasteiger partial charge is 0.488 e. The molecule has 0 spiro atoms. The molecule has 1 aliphatic heterocycles. The van der Waals surface area contributed by atoms with Gasteiger partial charge in [0, 0.05) is 12.2 Å². The molecule has 34 heavy (non-hydrogen) atoms. The average molecular weight is 488 g/mol. The van der Waals surface area contributed by atoms with E-state index in [-0.39, 0.29) is 42.7 Å². The van der Waals surface area contributed by atoms with Crippen LogP contribution in [-0.4, -0.2) is 54.0 Å². The molecule has 0 unspecified atom stereocenters. The lowest BCUT2D eigenvalue weighted by atomic mass is 9.92. The van der Waals surface area contributed by atoms with E-state index in [9.17, 15) is 9.90 Å². The number of hydrogen-bond donors (Lipinski definition) is 2. The second-order valence-electron chi connectivity index (χ2n) is 10.3. The van der Waals surface area contributed by atoms with Crippen molar-refractivity contribution < 1.29 is 19.4 Å². The van der Waals surface area contributed by atoms with Crippen LogP contribution in [0.15, 0.2) is 36.5 Å². The third-order valence-electron chi connectivity index (χ3n) is 6.22. The molecule has 7 nitrogen and oxygen atoms in total. The number of pyridine rings is 1. The normalized spacial score (nSPS) is 22.6. The van der Waals surface area contributed by atoms with Crippen molar-refractivity contribution in [3.63, 3.8) is 0 Å². The number of carbonyl (C=O) groups is 1. The summed E-state index contributed by atoms with van der Waals surface area (Å²) in [4.78, 5) is 19.5. The molecule has 0 radical (unpaired) electrons. The maximum absolute atomic E-state index is 13.3. The number of benzene rings is 1. The number of rotatable bonds is 6. The van der Waals surface area contributed by atoms with Gasteiger partial charge in [0.2, 0.25) is 0 Å². The summed E-state index contributed by atoms with van der Waals surface area (Å²) in [6, 6.07) is 8.70. The number of aliphatic hydroxyl groups is 1. The standard InChI is InChI=1S/C26H34ClN3O4/c1-26(2,3)16-34-19-11-9-17(10-12-19)29-25(32)20-6-4-8-22-23(20)33-15-18(14-31)30(22)24-21(27)7-5-13-28-24/h4-8,13,17-19,31H,9-12,14-16H2,1-3H3,(H,29,32)/t17?,18-,19?/m0/s1. The minimum absolute atomic E-state index is 0.105. The molecule has 4 rings (SSSR count). The second-order valence-corrected chi connectivity index (χ2v) is 10.7. The van der Waals surface area contributed by atoms with Gasteiger partial charge in [-0.25, -0.2) is 4.98 Å². The highest BCUT2D eigenvalue weighted by Crippen LogP contribution is 2.42. The summed E-state index contributed by atoms with van der Waals surface area (Å²) in [5.41, 5.74) is 1.29. The fourth-order valence-electron chi connectivity index (χ4n) is 4.48. The number of nitrogens with zero attached hydrogens (tertiary/aromatic N) is 2. The average Bonchev–Trinajstić information content (AvgIpc) is 2.82. The lowest BCUT2D eigenvalue weighted by Crippen LogP contribution is -2.44. The van der Waals surface area contributed by atoms with Crippen LogP contribution < -0.4 is 15.0 Å². The summed E-state index contributed by atoms with van der Waals surface area (Å²) < 4.78 is 12.1. The Morgan fingerprint density at radius 3 is 2.68 bits per heavy atom. The molecule has 1 aliphatic carbocycles. The zero-order valence-electron chi connectivity index (χ0n) is 20.1. The van der Waals surface area contributed by atoms with E-state index in [4.69, 9.17) is 21.1 Å². The number of aliphatic hydroxyl groups excluding tert-OH is 1. The predicted octanol–water partition coefficient (Wildman–Crippen LogP) is 4.73. The zero-order chi connectivity index (χ0) is 24.3. The fraction of sp³-hybridized carbons (Fsp3) is 0.538. The summed E-state index contributed by atoms with van der Waals surface area (Å²) in [5, 5.41) is 13.6. The van der Waals surface area contributed by atoms with E-state index in [1.54, 1.807) is 24.4 Å². The Morgan fingerprint density at radius 1 is 1.24 bits per heavy atom. The minimum atomic E-state index is -0.360. The molecule has 2 N–H and O–H groups in total. The Balaban J connectivity index is 1.48. The first-order chi connectivity index (χ1) is 16.3. The van der Waals surface area contributed by atoms with Crippen molar-refractivity contribution in [1.82, 2.24) is 10.3 Å². The van der Waals surface area contributed by atoms with E-state index >= 15 is 0 Å².